The van der Waals surface area contributed by atoms with Crippen LogP contribution in [0.15, 0.2) is 0 Å². The standard InChI is InChI=1S/C10H15N5O/c1-16-10-13-8(11)12-9(14-10)15-5-6-2-3-7(15)4-6/h6-7H,2-5H2,1H3,(H2,11,12,13,14). The molecular weight excluding hydrogens is 206 g/mol. The molecule has 2 heterocycles. The molecule has 0 radical (unpaired) electrons. The number of fused-ring (bicyclic) bond motifs is 2. The summed E-state index contributed by atoms with van der Waals surface area (Å²) >= 11 is 0. The number of hydrogen-bond donors (Lipinski definition) is 1. The van der Waals surface area contributed by atoms with E-state index in [1.807, 2.05) is 0 Å². The van der Waals surface area contributed by atoms with E-state index >= 15 is 0 Å². The molecule has 0 spiro atoms. The molecule has 0 aromatic carbocycles. The lowest BCUT2D eigenvalue weighted by Crippen LogP contribution is -2.33. The highest BCUT2D eigenvalue weighted by Gasteiger charge is 2.39. The van der Waals surface area contributed by atoms with Gasteiger partial charge in [0.05, 0.1) is 7.11 Å². The van der Waals surface area contributed by atoms with Crippen molar-refractivity contribution in [2.75, 3.05) is 24.3 Å². The van der Waals surface area contributed by atoms with Gasteiger partial charge in [-0.25, -0.2) is 0 Å². The molecule has 1 aliphatic carbocycles. The topological polar surface area (TPSA) is 77.2 Å². The molecule has 1 aromatic heterocycles. The summed E-state index contributed by atoms with van der Waals surface area (Å²) in [5.41, 5.74) is 5.63. The number of anilines is 2. The third-order valence-corrected chi connectivity index (χ3v) is 3.47. The second-order valence-corrected chi connectivity index (χ2v) is 4.47. The van der Waals surface area contributed by atoms with Crippen molar-refractivity contribution in [2.45, 2.75) is 25.3 Å². The maximum atomic E-state index is 5.63. The van der Waals surface area contributed by atoms with E-state index in [-0.39, 0.29) is 5.95 Å². The number of nitrogen functional groups attached to an aromatic ring is 1. The predicted molar refractivity (Wildman–Crippen MR) is 59.3 cm³/mol. The molecule has 1 saturated heterocycles. The van der Waals surface area contributed by atoms with Gasteiger partial charge >= 0.3 is 6.01 Å². The van der Waals surface area contributed by atoms with Gasteiger partial charge in [0.25, 0.3) is 0 Å². The minimum atomic E-state index is 0.227. The summed E-state index contributed by atoms with van der Waals surface area (Å²) in [5, 5.41) is 0. The van der Waals surface area contributed by atoms with E-state index < -0.39 is 0 Å². The second-order valence-electron chi connectivity index (χ2n) is 4.47. The van der Waals surface area contributed by atoms with Crippen molar-refractivity contribution in [1.29, 1.82) is 0 Å². The molecule has 1 saturated carbocycles. The summed E-state index contributed by atoms with van der Waals surface area (Å²) in [5.74, 6) is 1.69. The lowest BCUT2D eigenvalue weighted by molar-refractivity contribution is 0.378. The lowest BCUT2D eigenvalue weighted by atomic mass is 10.1. The van der Waals surface area contributed by atoms with Gasteiger partial charge in [-0.3, -0.25) is 0 Å². The molecule has 1 aromatic rings. The Morgan fingerprint density at radius 1 is 1.31 bits per heavy atom. The molecule has 2 atom stereocenters. The summed E-state index contributed by atoms with van der Waals surface area (Å²) < 4.78 is 5.01. The molecule has 2 N–H and O–H groups in total. The normalized spacial score (nSPS) is 27.4. The predicted octanol–water partition coefficient (Wildman–Crippen LogP) is 0.451. The Morgan fingerprint density at radius 2 is 2.19 bits per heavy atom. The van der Waals surface area contributed by atoms with Gasteiger partial charge in [0.15, 0.2) is 0 Å². The van der Waals surface area contributed by atoms with Crippen molar-refractivity contribution in [3.8, 4) is 6.01 Å². The molecule has 2 unspecified atom stereocenters. The van der Waals surface area contributed by atoms with Crippen molar-refractivity contribution >= 4 is 11.9 Å². The quantitative estimate of drug-likeness (QED) is 0.781. The van der Waals surface area contributed by atoms with Crippen LogP contribution in [0.1, 0.15) is 19.3 Å². The third kappa shape index (κ3) is 1.45. The fraction of sp³-hybridized carbons (Fsp3) is 0.700. The number of piperidine rings is 1. The Kier molecular flexibility index (Phi) is 2.08. The molecule has 2 bridgehead atoms. The van der Waals surface area contributed by atoms with Gasteiger partial charge in [0, 0.05) is 12.6 Å². The number of nitrogens with two attached hydrogens (primary N) is 1. The van der Waals surface area contributed by atoms with Crippen molar-refractivity contribution in [1.82, 2.24) is 15.0 Å². The summed E-state index contributed by atoms with van der Waals surface area (Å²) in [6.07, 6.45) is 3.82. The highest BCUT2D eigenvalue weighted by Crippen LogP contribution is 2.39. The molecule has 0 amide bonds. The number of nitrogens with zero attached hydrogens (tertiary/aromatic N) is 4. The van der Waals surface area contributed by atoms with Gasteiger partial charge in [-0.15, -0.1) is 0 Å². The van der Waals surface area contributed by atoms with Crippen LogP contribution >= 0.6 is 0 Å². The fourth-order valence-electron chi connectivity index (χ4n) is 2.75. The Balaban J connectivity index is 1.91. The molecular formula is C10H15N5O. The number of methoxy groups -OCH3 is 1. The van der Waals surface area contributed by atoms with E-state index in [2.05, 4.69) is 19.9 Å². The van der Waals surface area contributed by atoms with Crippen LogP contribution in [0, 0.1) is 5.92 Å². The van der Waals surface area contributed by atoms with Crippen LogP contribution in [-0.4, -0.2) is 34.6 Å². The molecule has 3 rings (SSSR count). The van der Waals surface area contributed by atoms with E-state index in [0.29, 0.717) is 18.0 Å². The van der Waals surface area contributed by atoms with Crippen molar-refractivity contribution in [3.05, 3.63) is 0 Å². The molecule has 2 fully saturated rings. The van der Waals surface area contributed by atoms with E-state index in [0.717, 1.165) is 12.5 Å². The van der Waals surface area contributed by atoms with Gasteiger partial charge < -0.3 is 15.4 Å². The first-order valence-corrected chi connectivity index (χ1v) is 5.58. The molecule has 16 heavy (non-hydrogen) atoms. The monoisotopic (exact) mass is 221 g/mol. The fourth-order valence-corrected chi connectivity index (χ4v) is 2.75. The lowest BCUT2D eigenvalue weighted by Gasteiger charge is -2.26. The van der Waals surface area contributed by atoms with E-state index in [4.69, 9.17) is 10.5 Å². The molecule has 86 valence electrons. The Hall–Kier alpha value is -1.59. The van der Waals surface area contributed by atoms with Crippen LogP contribution in [-0.2, 0) is 0 Å². The first-order valence-electron chi connectivity index (χ1n) is 5.58. The summed E-state index contributed by atoms with van der Waals surface area (Å²) in [4.78, 5) is 14.6. The summed E-state index contributed by atoms with van der Waals surface area (Å²) in [6, 6.07) is 0.877. The van der Waals surface area contributed by atoms with Gasteiger partial charge in [-0.1, -0.05) is 0 Å². The maximum Gasteiger partial charge on any atom is 0.322 e. The molecule has 6 heteroatoms. The maximum absolute atomic E-state index is 5.63. The number of rotatable bonds is 2. The SMILES string of the molecule is COc1nc(N)nc(N2CC3CCC2C3)n1. The van der Waals surface area contributed by atoms with Gasteiger partial charge in [0.1, 0.15) is 0 Å². The molecule has 1 aliphatic heterocycles. The van der Waals surface area contributed by atoms with Crippen molar-refractivity contribution in [2.24, 2.45) is 5.92 Å². The number of ether oxygens (including phenoxy) is 1. The zero-order valence-corrected chi connectivity index (χ0v) is 9.26. The van der Waals surface area contributed by atoms with E-state index in [9.17, 15) is 0 Å². The average Bonchev–Trinajstić information content (AvgIpc) is 2.89. The van der Waals surface area contributed by atoms with Gasteiger partial charge in [-0.05, 0) is 25.2 Å². The number of aromatic nitrogens is 3. The van der Waals surface area contributed by atoms with Crippen LogP contribution < -0.4 is 15.4 Å². The largest absolute Gasteiger partial charge is 0.467 e. The Labute approximate surface area is 93.8 Å². The smallest absolute Gasteiger partial charge is 0.322 e. The summed E-state index contributed by atoms with van der Waals surface area (Å²) in [6.45, 7) is 1.04. The van der Waals surface area contributed by atoms with Crippen LogP contribution in [0.25, 0.3) is 0 Å². The van der Waals surface area contributed by atoms with Crippen LogP contribution in [0.2, 0.25) is 0 Å². The zero-order chi connectivity index (χ0) is 11.1. The van der Waals surface area contributed by atoms with Crippen molar-refractivity contribution < 1.29 is 4.74 Å². The second kappa shape index (κ2) is 3.47. The highest BCUT2D eigenvalue weighted by atomic mass is 16.5. The minimum Gasteiger partial charge on any atom is -0.467 e. The highest BCUT2D eigenvalue weighted by molar-refractivity contribution is 5.39. The number of hydrogen-bond acceptors (Lipinski definition) is 6. The first-order chi connectivity index (χ1) is 7.76. The Bertz CT molecular complexity index is 410. The van der Waals surface area contributed by atoms with Crippen LogP contribution in [0.3, 0.4) is 0 Å². The zero-order valence-electron chi connectivity index (χ0n) is 9.26. The van der Waals surface area contributed by atoms with E-state index in [1.54, 1.807) is 0 Å². The van der Waals surface area contributed by atoms with Crippen LogP contribution in [0.4, 0.5) is 11.9 Å². The molecule has 2 aliphatic rings. The van der Waals surface area contributed by atoms with Crippen molar-refractivity contribution in [3.63, 3.8) is 0 Å². The van der Waals surface area contributed by atoms with Crippen LogP contribution in [0.5, 0.6) is 6.01 Å². The average molecular weight is 221 g/mol. The molecule has 6 nitrogen and oxygen atoms in total. The minimum absolute atomic E-state index is 0.227. The first kappa shape index (κ1) is 9.62. The van der Waals surface area contributed by atoms with E-state index in [1.165, 1.54) is 26.4 Å². The summed E-state index contributed by atoms with van der Waals surface area (Å²) in [7, 11) is 1.54. The third-order valence-electron chi connectivity index (χ3n) is 3.47. The van der Waals surface area contributed by atoms with Gasteiger partial charge in [0.2, 0.25) is 11.9 Å². The Morgan fingerprint density at radius 3 is 2.81 bits per heavy atom. The van der Waals surface area contributed by atoms with Gasteiger partial charge in [-0.2, -0.15) is 15.0 Å².